The number of hydrogen-bond donors (Lipinski definition) is 0. The average Bonchev–Trinajstić information content (AvgIpc) is 3.07. The number of amides is 1. The summed E-state index contributed by atoms with van der Waals surface area (Å²) in [6.07, 6.45) is 3.47. The van der Waals surface area contributed by atoms with Gasteiger partial charge in [-0.3, -0.25) is 14.5 Å². The lowest BCUT2D eigenvalue weighted by atomic mass is 9.98. The van der Waals surface area contributed by atoms with Crippen LogP contribution in [-0.2, 0) is 0 Å². The van der Waals surface area contributed by atoms with E-state index >= 15 is 0 Å². The van der Waals surface area contributed by atoms with Crippen molar-refractivity contribution in [2.24, 2.45) is 0 Å². The second-order valence-electron chi connectivity index (χ2n) is 7.00. The fourth-order valence-corrected chi connectivity index (χ4v) is 4.67. The third-order valence-corrected chi connectivity index (χ3v) is 6.68. The number of rotatable bonds is 3. The monoisotopic (exact) mass is 512 g/mol. The first-order valence-electron chi connectivity index (χ1n) is 9.33. The summed E-state index contributed by atoms with van der Waals surface area (Å²) in [5.41, 5.74) is 1.23. The molecule has 5 nitrogen and oxygen atoms in total. The molecule has 0 aliphatic carbocycles. The van der Waals surface area contributed by atoms with Crippen LogP contribution in [0.1, 0.15) is 27.7 Å². The van der Waals surface area contributed by atoms with E-state index in [4.69, 9.17) is 16.0 Å². The van der Waals surface area contributed by atoms with E-state index in [-0.39, 0.29) is 11.2 Å². The van der Waals surface area contributed by atoms with E-state index in [9.17, 15) is 9.59 Å². The Labute approximate surface area is 195 Å². The number of halogens is 2. The number of nitrogens with zero attached hydrogens (tertiary/aromatic N) is 2. The Balaban J connectivity index is 1.79. The van der Waals surface area contributed by atoms with Gasteiger partial charge in [0, 0.05) is 15.6 Å². The van der Waals surface area contributed by atoms with E-state index < -0.39 is 11.9 Å². The second kappa shape index (κ2) is 7.82. The van der Waals surface area contributed by atoms with Crippen molar-refractivity contribution in [3.63, 3.8) is 0 Å². The topological polar surface area (TPSA) is 63.4 Å². The van der Waals surface area contributed by atoms with Crippen molar-refractivity contribution >= 4 is 62.0 Å². The van der Waals surface area contributed by atoms with Crippen molar-refractivity contribution in [1.29, 1.82) is 0 Å². The first kappa shape index (κ1) is 20.3. The third kappa shape index (κ3) is 3.37. The van der Waals surface area contributed by atoms with Crippen LogP contribution in [0.2, 0.25) is 5.02 Å². The molecule has 0 saturated carbocycles. The molecule has 0 bridgehead atoms. The van der Waals surface area contributed by atoms with Gasteiger partial charge in [0.05, 0.1) is 22.0 Å². The van der Waals surface area contributed by atoms with Gasteiger partial charge in [0.2, 0.25) is 5.76 Å². The molecule has 4 aromatic rings. The summed E-state index contributed by atoms with van der Waals surface area (Å²) in [5, 5.41) is 0.871. The minimum Gasteiger partial charge on any atom is -0.450 e. The molecule has 8 heteroatoms. The molecule has 1 atom stereocenters. The number of pyridine rings is 1. The Hall–Kier alpha value is -2.61. The van der Waals surface area contributed by atoms with Gasteiger partial charge in [-0.2, -0.15) is 0 Å². The maximum absolute atomic E-state index is 13.6. The summed E-state index contributed by atoms with van der Waals surface area (Å²) in [6, 6.07) is 15.6. The van der Waals surface area contributed by atoms with Crippen molar-refractivity contribution in [3.8, 4) is 0 Å². The molecule has 31 heavy (non-hydrogen) atoms. The maximum atomic E-state index is 13.6. The molecule has 0 N–H and O–H groups in total. The number of anilines is 1. The van der Waals surface area contributed by atoms with Crippen LogP contribution >= 0.6 is 39.3 Å². The Morgan fingerprint density at radius 2 is 1.87 bits per heavy atom. The molecular formula is C23H14BrClN2O3S. The zero-order valence-electron chi connectivity index (χ0n) is 16.1. The van der Waals surface area contributed by atoms with Gasteiger partial charge < -0.3 is 4.42 Å². The summed E-state index contributed by atoms with van der Waals surface area (Å²) in [4.78, 5) is 33.9. The van der Waals surface area contributed by atoms with Crippen LogP contribution < -0.4 is 10.3 Å². The van der Waals surface area contributed by atoms with Crippen LogP contribution in [0, 0.1) is 0 Å². The number of carbonyl (C=O) groups excluding carboxylic acids is 1. The summed E-state index contributed by atoms with van der Waals surface area (Å²) in [6.45, 7) is 0. The lowest BCUT2D eigenvalue weighted by Gasteiger charge is -2.24. The van der Waals surface area contributed by atoms with E-state index in [0.717, 1.165) is 14.9 Å². The second-order valence-corrected chi connectivity index (χ2v) is 9.23. The Bertz CT molecular complexity index is 1390. The first-order chi connectivity index (χ1) is 15.0. The van der Waals surface area contributed by atoms with Crippen LogP contribution in [0.15, 0.2) is 79.4 Å². The van der Waals surface area contributed by atoms with Gasteiger partial charge in [0.15, 0.2) is 5.43 Å². The van der Waals surface area contributed by atoms with E-state index in [0.29, 0.717) is 27.4 Å². The molecule has 0 spiro atoms. The molecule has 2 aromatic heterocycles. The highest BCUT2D eigenvalue weighted by atomic mass is 79.9. The lowest BCUT2D eigenvalue weighted by Crippen LogP contribution is -2.30. The van der Waals surface area contributed by atoms with Crippen molar-refractivity contribution in [1.82, 2.24) is 4.98 Å². The predicted molar refractivity (Wildman–Crippen MR) is 126 cm³/mol. The van der Waals surface area contributed by atoms with Gasteiger partial charge >= 0.3 is 0 Å². The van der Waals surface area contributed by atoms with E-state index in [2.05, 4.69) is 20.9 Å². The zero-order valence-corrected chi connectivity index (χ0v) is 19.3. The Morgan fingerprint density at radius 3 is 2.55 bits per heavy atom. The molecule has 0 fully saturated rings. The van der Waals surface area contributed by atoms with Crippen LogP contribution in [0.3, 0.4) is 0 Å². The van der Waals surface area contributed by atoms with Crippen molar-refractivity contribution < 1.29 is 9.21 Å². The quantitative estimate of drug-likeness (QED) is 0.311. The van der Waals surface area contributed by atoms with Gasteiger partial charge in [-0.15, -0.1) is 11.8 Å². The molecule has 1 amide bonds. The summed E-state index contributed by atoms with van der Waals surface area (Å²) in [5.74, 6) is 0.0191. The first-order valence-corrected chi connectivity index (χ1v) is 11.7. The third-order valence-electron chi connectivity index (χ3n) is 5.22. The van der Waals surface area contributed by atoms with E-state index in [1.807, 2.05) is 30.5 Å². The molecular weight excluding hydrogens is 500 g/mol. The predicted octanol–water partition coefficient (Wildman–Crippen LogP) is 6.08. The number of aromatic nitrogens is 1. The minimum atomic E-state index is -0.660. The smallest absolute Gasteiger partial charge is 0.296 e. The van der Waals surface area contributed by atoms with Crippen LogP contribution in [0.25, 0.3) is 11.0 Å². The molecule has 0 radical (unpaired) electrons. The molecule has 1 unspecified atom stereocenters. The largest absolute Gasteiger partial charge is 0.450 e. The molecule has 1 aliphatic rings. The van der Waals surface area contributed by atoms with E-state index in [1.54, 1.807) is 42.1 Å². The Morgan fingerprint density at radius 1 is 1.10 bits per heavy atom. The highest BCUT2D eigenvalue weighted by Gasteiger charge is 2.44. The molecule has 154 valence electrons. The minimum absolute atomic E-state index is 0.0375. The number of thioether (sulfide) groups is 1. The summed E-state index contributed by atoms with van der Waals surface area (Å²) in [7, 11) is 0. The van der Waals surface area contributed by atoms with Gasteiger partial charge in [0.25, 0.3) is 5.91 Å². The van der Waals surface area contributed by atoms with Crippen molar-refractivity contribution in [2.75, 3.05) is 11.2 Å². The van der Waals surface area contributed by atoms with Crippen LogP contribution in [-0.4, -0.2) is 17.1 Å². The lowest BCUT2D eigenvalue weighted by molar-refractivity contribution is 0.0970. The summed E-state index contributed by atoms with van der Waals surface area (Å²) < 4.78 is 6.71. The van der Waals surface area contributed by atoms with Gasteiger partial charge in [-0.25, -0.2) is 4.98 Å². The van der Waals surface area contributed by atoms with E-state index in [1.165, 1.54) is 11.1 Å². The zero-order chi connectivity index (χ0) is 21.7. The van der Waals surface area contributed by atoms with Gasteiger partial charge in [-0.1, -0.05) is 39.7 Å². The molecule has 0 saturated heterocycles. The van der Waals surface area contributed by atoms with Gasteiger partial charge in [0.1, 0.15) is 11.4 Å². The SMILES string of the molecule is CSc1ccc(C2c3c(oc4ccc(Br)cc4c3=O)C(=O)N2c2ccc(Cl)cn2)cc1. The van der Waals surface area contributed by atoms with Crippen LogP contribution in [0.5, 0.6) is 0 Å². The molecule has 3 heterocycles. The fraction of sp³-hybridized carbons (Fsp3) is 0.0870. The highest BCUT2D eigenvalue weighted by molar-refractivity contribution is 9.10. The summed E-state index contributed by atoms with van der Waals surface area (Å²) >= 11 is 11.0. The molecule has 1 aliphatic heterocycles. The number of hydrogen-bond acceptors (Lipinski definition) is 5. The molecule has 5 rings (SSSR count). The average molecular weight is 514 g/mol. The number of carbonyl (C=O) groups is 1. The number of benzene rings is 2. The Kier molecular flexibility index (Phi) is 5.12. The van der Waals surface area contributed by atoms with Gasteiger partial charge in [-0.05, 0) is 54.3 Å². The molecule has 2 aromatic carbocycles. The normalized spacial score (nSPS) is 15.5. The van der Waals surface area contributed by atoms with Crippen molar-refractivity contribution in [3.05, 3.63) is 97.4 Å². The highest BCUT2D eigenvalue weighted by Crippen LogP contribution is 2.41. The van der Waals surface area contributed by atoms with Crippen molar-refractivity contribution in [2.45, 2.75) is 10.9 Å². The van der Waals surface area contributed by atoms with Crippen LogP contribution in [0.4, 0.5) is 5.82 Å². The standard InChI is InChI=1S/C23H14BrClN2O3S/c1-31-15-6-2-12(3-7-15)20-19-21(28)16-10-13(24)4-8-17(16)30-22(19)23(29)27(20)18-9-5-14(25)11-26-18/h2-11,20H,1H3. The number of fused-ring (bicyclic) bond motifs is 2. The maximum Gasteiger partial charge on any atom is 0.296 e. The fourth-order valence-electron chi connectivity index (χ4n) is 3.79.